The van der Waals surface area contributed by atoms with Gasteiger partial charge in [0.25, 0.3) is 0 Å². The molecule has 0 aliphatic rings. The molecule has 0 rings (SSSR count). The molecular weight excluding hydrogens is 283 g/mol. The average Bonchev–Trinajstić information content (AvgIpc) is 2.28. The van der Waals surface area contributed by atoms with Gasteiger partial charge in [-0.15, -0.1) is 0 Å². The zero-order valence-electron chi connectivity index (χ0n) is 12.2. The van der Waals surface area contributed by atoms with Gasteiger partial charge < -0.3 is 9.05 Å². The SMILES string of the molecule is CCCCC(CC)COP(=S)(S)OCCC(C)C. The third-order valence-electron chi connectivity index (χ3n) is 2.97. The van der Waals surface area contributed by atoms with E-state index in [4.69, 9.17) is 20.9 Å². The van der Waals surface area contributed by atoms with Crippen LogP contribution < -0.4 is 0 Å². The molecule has 5 heteroatoms. The largest absolute Gasteiger partial charge is 0.322 e. The van der Waals surface area contributed by atoms with E-state index >= 15 is 0 Å². The van der Waals surface area contributed by atoms with Crippen LogP contribution in [0.3, 0.4) is 0 Å². The molecule has 110 valence electrons. The average molecular weight is 312 g/mol. The Kier molecular flexibility index (Phi) is 11.2. The standard InChI is InChI=1S/C13H29O2PS2/c1-5-7-8-13(6-2)11-15-16(17,18)14-10-9-12(3)4/h12-13H,5-11H2,1-4H3,(H,17,18). The van der Waals surface area contributed by atoms with E-state index in [1.54, 1.807) is 0 Å². The molecule has 0 heterocycles. The fourth-order valence-corrected chi connectivity index (χ4v) is 3.20. The van der Waals surface area contributed by atoms with E-state index in [1.807, 2.05) is 0 Å². The van der Waals surface area contributed by atoms with Crippen molar-refractivity contribution in [3.8, 4) is 0 Å². The van der Waals surface area contributed by atoms with E-state index in [0.717, 1.165) is 12.8 Å². The van der Waals surface area contributed by atoms with Crippen molar-refractivity contribution in [3.05, 3.63) is 0 Å². The van der Waals surface area contributed by atoms with Crippen molar-refractivity contribution in [1.82, 2.24) is 0 Å². The van der Waals surface area contributed by atoms with Crippen molar-refractivity contribution in [3.63, 3.8) is 0 Å². The van der Waals surface area contributed by atoms with Gasteiger partial charge in [-0.3, -0.25) is 0 Å². The first-order chi connectivity index (χ1) is 8.41. The Morgan fingerprint density at radius 1 is 1.17 bits per heavy atom. The first kappa shape index (κ1) is 18.9. The molecule has 0 aliphatic heterocycles. The zero-order valence-corrected chi connectivity index (χ0v) is 14.8. The number of thiol groups is 1. The summed E-state index contributed by atoms with van der Waals surface area (Å²) in [7, 11) is 0. The second-order valence-electron chi connectivity index (χ2n) is 5.20. The molecule has 0 saturated carbocycles. The van der Waals surface area contributed by atoms with Crippen LogP contribution in [0.1, 0.15) is 59.8 Å². The van der Waals surface area contributed by atoms with Crippen molar-refractivity contribution in [1.29, 1.82) is 0 Å². The maximum atomic E-state index is 5.73. The molecule has 0 aromatic rings. The molecular formula is C13H29O2PS2. The quantitative estimate of drug-likeness (QED) is 0.405. The molecule has 0 N–H and O–H groups in total. The molecule has 0 spiro atoms. The van der Waals surface area contributed by atoms with Crippen molar-refractivity contribution in [2.45, 2.75) is 59.8 Å². The van der Waals surface area contributed by atoms with Crippen LogP contribution in [-0.2, 0) is 20.9 Å². The minimum Gasteiger partial charge on any atom is -0.322 e. The summed E-state index contributed by atoms with van der Waals surface area (Å²) in [5.74, 6) is 1.22. The first-order valence-corrected chi connectivity index (χ1v) is 10.8. The predicted octanol–water partition coefficient (Wildman–Crippen LogP) is 5.44. The van der Waals surface area contributed by atoms with E-state index in [-0.39, 0.29) is 0 Å². The van der Waals surface area contributed by atoms with Gasteiger partial charge in [-0.25, -0.2) is 0 Å². The second kappa shape index (κ2) is 10.7. The summed E-state index contributed by atoms with van der Waals surface area (Å²) in [4.78, 5) is 0. The number of unbranched alkanes of at least 4 members (excludes halogenated alkanes) is 1. The maximum Gasteiger partial charge on any atom is 0.244 e. The summed E-state index contributed by atoms with van der Waals surface area (Å²) in [5.41, 5.74) is -2.32. The van der Waals surface area contributed by atoms with Crippen LogP contribution in [0.15, 0.2) is 0 Å². The van der Waals surface area contributed by atoms with Crippen LogP contribution in [0.25, 0.3) is 0 Å². The van der Waals surface area contributed by atoms with Crippen LogP contribution in [0, 0.1) is 11.8 Å². The fourth-order valence-electron chi connectivity index (χ4n) is 1.54. The zero-order chi connectivity index (χ0) is 14.0. The maximum absolute atomic E-state index is 5.73. The first-order valence-electron chi connectivity index (χ1n) is 7.03. The molecule has 0 saturated heterocycles. The summed E-state index contributed by atoms with van der Waals surface area (Å²) >= 11 is 9.68. The van der Waals surface area contributed by atoms with Gasteiger partial charge in [0.1, 0.15) is 0 Å². The summed E-state index contributed by atoms with van der Waals surface area (Å²) in [6, 6.07) is 0. The highest BCUT2D eigenvalue weighted by Crippen LogP contribution is 2.54. The minimum atomic E-state index is -2.32. The van der Waals surface area contributed by atoms with Crippen LogP contribution in [-0.4, -0.2) is 13.2 Å². The molecule has 0 fully saturated rings. The molecule has 2 atom stereocenters. The highest BCUT2D eigenvalue weighted by molar-refractivity contribution is 8.60. The van der Waals surface area contributed by atoms with Crippen molar-refractivity contribution in [2.75, 3.05) is 13.2 Å². The number of hydrogen-bond acceptors (Lipinski definition) is 3. The molecule has 0 aliphatic carbocycles. The molecule has 18 heavy (non-hydrogen) atoms. The predicted molar refractivity (Wildman–Crippen MR) is 87.9 cm³/mol. The Balaban J connectivity index is 3.88. The van der Waals surface area contributed by atoms with Gasteiger partial charge in [-0.1, -0.05) is 59.2 Å². The van der Waals surface area contributed by atoms with Gasteiger partial charge >= 0.3 is 0 Å². The molecule has 2 unspecified atom stereocenters. The number of hydrogen-bond donors (Lipinski definition) is 1. The molecule has 0 amide bonds. The second-order valence-corrected chi connectivity index (χ2v) is 10.5. The Bertz CT molecular complexity index is 247. The Labute approximate surface area is 124 Å². The van der Waals surface area contributed by atoms with Gasteiger partial charge in [0.05, 0.1) is 13.2 Å². The minimum absolute atomic E-state index is 0.591. The van der Waals surface area contributed by atoms with Crippen LogP contribution in [0.2, 0.25) is 0 Å². The summed E-state index contributed by atoms with van der Waals surface area (Å²) in [5, 5.41) is 0. The summed E-state index contributed by atoms with van der Waals surface area (Å²) < 4.78 is 11.3. The molecule has 0 aromatic carbocycles. The lowest BCUT2D eigenvalue weighted by atomic mass is 10.0. The van der Waals surface area contributed by atoms with Crippen molar-refractivity contribution in [2.24, 2.45) is 11.8 Å². The van der Waals surface area contributed by atoms with Crippen LogP contribution in [0.4, 0.5) is 0 Å². The molecule has 2 nitrogen and oxygen atoms in total. The lowest BCUT2D eigenvalue weighted by Crippen LogP contribution is -2.08. The van der Waals surface area contributed by atoms with E-state index < -0.39 is 5.69 Å². The highest BCUT2D eigenvalue weighted by atomic mass is 32.9. The highest BCUT2D eigenvalue weighted by Gasteiger charge is 2.16. The Hall–Kier alpha value is 0.920. The van der Waals surface area contributed by atoms with Gasteiger partial charge in [-0.05, 0) is 36.5 Å². The van der Waals surface area contributed by atoms with Crippen molar-refractivity contribution < 1.29 is 9.05 Å². The van der Waals surface area contributed by atoms with E-state index in [1.165, 1.54) is 19.3 Å². The van der Waals surface area contributed by atoms with Gasteiger partial charge in [-0.2, -0.15) is 0 Å². The fraction of sp³-hybridized carbons (Fsp3) is 1.00. The topological polar surface area (TPSA) is 18.5 Å². The lowest BCUT2D eigenvalue weighted by Gasteiger charge is -2.21. The van der Waals surface area contributed by atoms with Crippen LogP contribution in [0.5, 0.6) is 0 Å². The van der Waals surface area contributed by atoms with Gasteiger partial charge in [0.2, 0.25) is 5.69 Å². The lowest BCUT2D eigenvalue weighted by molar-refractivity contribution is 0.207. The molecule has 0 aromatic heterocycles. The summed E-state index contributed by atoms with van der Waals surface area (Å²) in [6.45, 7) is 10.1. The van der Waals surface area contributed by atoms with E-state index in [2.05, 4.69) is 39.9 Å². The van der Waals surface area contributed by atoms with E-state index in [0.29, 0.717) is 25.0 Å². The smallest absolute Gasteiger partial charge is 0.244 e. The summed E-state index contributed by atoms with van der Waals surface area (Å²) in [6.07, 6.45) is 5.84. The van der Waals surface area contributed by atoms with Gasteiger partial charge in [0, 0.05) is 0 Å². The number of rotatable bonds is 11. The van der Waals surface area contributed by atoms with Crippen LogP contribution >= 0.6 is 17.9 Å². The Morgan fingerprint density at radius 3 is 2.33 bits per heavy atom. The monoisotopic (exact) mass is 312 g/mol. The van der Waals surface area contributed by atoms with Crippen molar-refractivity contribution >= 4 is 29.7 Å². The third-order valence-corrected chi connectivity index (χ3v) is 5.28. The Morgan fingerprint density at radius 2 is 1.83 bits per heavy atom. The van der Waals surface area contributed by atoms with Gasteiger partial charge in [0.15, 0.2) is 0 Å². The molecule has 0 bridgehead atoms. The third kappa shape index (κ3) is 10.8. The normalized spacial score (nSPS) is 16.8. The molecule has 0 radical (unpaired) electrons. The van der Waals surface area contributed by atoms with E-state index in [9.17, 15) is 0 Å².